The molecule has 1 aromatic carbocycles. The fraction of sp³-hybridized carbons (Fsp3) is 0.286. The monoisotopic (exact) mass is 276 g/mol. The van der Waals surface area contributed by atoms with E-state index in [9.17, 15) is 18.7 Å². The van der Waals surface area contributed by atoms with Crippen molar-refractivity contribution in [3.05, 3.63) is 46.8 Å². The molecule has 1 heterocycles. The van der Waals surface area contributed by atoms with E-state index in [0.29, 0.717) is 17.9 Å². The van der Waals surface area contributed by atoms with Crippen LogP contribution in [0.3, 0.4) is 0 Å². The number of nitrogens with zero attached hydrogens (tertiary/aromatic N) is 2. The van der Waals surface area contributed by atoms with Crippen LogP contribution in [0.25, 0.3) is 5.69 Å². The van der Waals surface area contributed by atoms with Crippen LogP contribution < -0.4 is 0 Å². The van der Waals surface area contributed by atoms with E-state index in [1.54, 1.807) is 0 Å². The number of aromatic nitrogens is 2. The smallest absolute Gasteiger partial charge is 0.356 e. The summed E-state index contributed by atoms with van der Waals surface area (Å²) in [5.74, 6) is -1.80. The van der Waals surface area contributed by atoms with Crippen LogP contribution in [0.5, 0.6) is 0 Å². The molecule has 2 atom stereocenters. The average molecular weight is 276 g/mol. The summed E-state index contributed by atoms with van der Waals surface area (Å²) in [4.78, 5) is 11.2. The van der Waals surface area contributed by atoms with Crippen LogP contribution >= 0.6 is 0 Å². The minimum Gasteiger partial charge on any atom is -0.476 e. The van der Waals surface area contributed by atoms with Crippen molar-refractivity contribution in [2.24, 2.45) is 5.92 Å². The van der Waals surface area contributed by atoms with Gasteiger partial charge in [-0.2, -0.15) is 5.10 Å². The second-order valence-corrected chi connectivity index (χ2v) is 5.33. The Morgan fingerprint density at radius 2 is 2.20 bits per heavy atom. The zero-order chi connectivity index (χ0) is 14.0. The molecule has 1 saturated carbocycles. The van der Waals surface area contributed by atoms with E-state index in [-0.39, 0.29) is 17.3 Å². The summed E-state index contributed by atoms with van der Waals surface area (Å²) >= 11 is 0. The molecule has 2 aliphatic carbocycles. The molecule has 1 N–H and O–H groups in total. The van der Waals surface area contributed by atoms with Gasteiger partial charge in [-0.25, -0.2) is 18.3 Å². The molecular formula is C14H10F2N2O2. The van der Waals surface area contributed by atoms with Gasteiger partial charge in [-0.05, 0) is 30.9 Å². The van der Waals surface area contributed by atoms with Crippen molar-refractivity contribution >= 4 is 5.97 Å². The number of carbonyl (C=O) groups is 1. The predicted octanol–water partition coefficient (Wildman–Crippen LogP) is 2.51. The molecule has 102 valence electrons. The van der Waals surface area contributed by atoms with Crippen LogP contribution in [0.4, 0.5) is 8.78 Å². The van der Waals surface area contributed by atoms with E-state index in [4.69, 9.17) is 0 Å². The van der Waals surface area contributed by atoms with Gasteiger partial charge in [0.1, 0.15) is 11.5 Å². The number of carboxylic acid groups (broad SMARTS) is 1. The Labute approximate surface area is 112 Å². The first-order chi connectivity index (χ1) is 9.56. The molecule has 0 unspecified atom stereocenters. The standard InChI is InChI=1S/C14H10F2N2O2/c15-7-1-2-11(10(16)5-7)18-13-8-3-6(8)4-9(13)12(17-18)14(19)20/h1-2,5-6,8H,3-4H2,(H,19,20)/t6-,8-/m0/s1. The lowest BCUT2D eigenvalue weighted by molar-refractivity contribution is 0.0688. The van der Waals surface area contributed by atoms with Gasteiger partial charge in [0.2, 0.25) is 0 Å². The average Bonchev–Trinajstić information content (AvgIpc) is 2.89. The van der Waals surface area contributed by atoms with Crippen molar-refractivity contribution in [1.82, 2.24) is 9.78 Å². The lowest BCUT2D eigenvalue weighted by atomic mass is 10.1. The van der Waals surface area contributed by atoms with Crippen molar-refractivity contribution in [3.63, 3.8) is 0 Å². The minimum atomic E-state index is -1.11. The summed E-state index contributed by atoms with van der Waals surface area (Å²) in [6.07, 6.45) is 1.67. The van der Waals surface area contributed by atoms with Crippen molar-refractivity contribution in [1.29, 1.82) is 0 Å². The third kappa shape index (κ3) is 1.44. The lowest BCUT2D eigenvalue weighted by Crippen LogP contribution is -2.06. The minimum absolute atomic E-state index is 0.0177. The van der Waals surface area contributed by atoms with Crippen LogP contribution in [0.15, 0.2) is 18.2 Å². The summed E-state index contributed by atoms with van der Waals surface area (Å²) < 4.78 is 28.2. The lowest BCUT2D eigenvalue weighted by Gasteiger charge is -2.07. The molecule has 4 nitrogen and oxygen atoms in total. The van der Waals surface area contributed by atoms with E-state index in [2.05, 4.69) is 5.10 Å². The number of halogens is 2. The maximum Gasteiger partial charge on any atom is 0.356 e. The highest BCUT2D eigenvalue weighted by molar-refractivity contribution is 5.88. The Hall–Kier alpha value is -2.24. The third-order valence-electron chi connectivity index (χ3n) is 4.10. The van der Waals surface area contributed by atoms with Gasteiger partial charge in [-0.15, -0.1) is 0 Å². The number of hydrogen-bond donors (Lipinski definition) is 1. The largest absolute Gasteiger partial charge is 0.476 e. The molecule has 1 fully saturated rings. The molecule has 0 amide bonds. The van der Waals surface area contributed by atoms with E-state index in [1.165, 1.54) is 10.7 Å². The third-order valence-corrected chi connectivity index (χ3v) is 4.10. The molecule has 4 rings (SSSR count). The molecule has 0 spiro atoms. The van der Waals surface area contributed by atoms with Gasteiger partial charge in [-0.3, -0.25) is 0 Å². The van der Waals surface area contributed by atoms with E-state index >= 15 is 0 Å². The van der Waals surface area contributed by atoms with Crippen LogP contribution in [0.1, 0.15) is 34.1 Å². The topological polar surface area (TPSA) is 55.1 Å². The number of carboxylic acids is 1. The van der Waals surface area contributed by atoms with Gasteiger partial charge in [0.15, 0.2) is 11.5 Å². The highest BCUT2D eigenvalue weighted by Crippen LogP contribution is 2.57. The van der Waals surface area contributed by atoms with E-state index < -0.39 is 17.6 Å². The van der Waals surface area contributed by atoms with Crippen LogP contribution in [-0.4, -0.2) is 20.9 Å². The zero-order valence-corrected chi connectivity index (χ0v) is 10.3. The Kier molecular flexibility index (Phi) is 2.11. The van der Waals surface area contributed by atoms with E-state index in [1.807, 2.05) is 0 Å². The highest BCUT2D eigenvalue weighted by atomic mass is 19.1. The molecule has 6 heteroatoms. The number of fused-ring (bicyclic) bond motifs is 3. The van der Waals surface area contributed by atoms with E-state index in [0.717, 1.165) is 24.2 Å². The summed E-state index contributed by atoms with van der Waals surface area (Å²) in [6.45, 7) is 0. The maximum absolute atomic E-state index is 13.9. The molecule has 0 aliphatic heterocycles. The van der Waals surface area contributed by atoms with Gasteiger partial charge in [0, 0.05) is 17.5 Å². The molecular weight excluding hydrogens is 266 g/mol. The number of rotatable bonds is 2. The van der Waals surface area contributed by atoms with Crippen molar-refractivity contribution in [2.75, 3.05) is 0 Å². The fourth-order valence-electron chi connectivity index (χ4n) is 3.12. The summed E-state index contributed by atoms with van der Waals surface area (Å²) in [5, 5.41) is 13.2. The first kappa shape index (κ1) is 11.6. The first-order valence-electron chi connectivity index (χ1n) is 6.36. The maximum atomic E-state index is 13.9. The molecule has 2 aromatic rings. The summed E-state index contributed by atoms with van der Waals surface area (Å²) in [7, 11) is 0. The van der Waals surface area contributed by atoms with Gasteiger partial charge in [-0.1, -0.05) is 0 Å². The van der Waals surface area contributed by atoms with Crippen molar-refractivity contribution < 1.29 is 18.7 Å². The molecule has 20 heavy (non-hydrogen) atoms. The summed E-state index contributed by atoms with van der Waals surface area (Å²) in [5.41, 5.74) is 1.55. The zero-order valence-electron chi connectivity index (χ0n) is 10.3. The second kappa shape index (κ2) is 3.65. The molecule has 1 aromatic heterocycles. The Balaban J connectivity index is 1.94. The van der Waals surface area contributed by atoms with Gasteiger partial charge < -0.3 is 5.11 Å². The highest BCUT2D eigenvalue weighted by Gasteiger charge is 2.50. The van der Waals surface area contributed by atoms with Gasteiger partial charge >= 0.3 is 5.97 Å². The van der Waals surface area contributed by atoms with Gasteiger partial charge in [0.25, 0.3) is 0 Å². The Morgan fingerprint density at radius 1 is 1.40 bits per heavy atom. The normalized spacial score (nSPS) is 22.5. The van der Waals surface area contributed by atoms with Gasteiger partial charge in [0.05, 0.1) is 5.69 Å². The SMILES string of the molecule is O=C(O)c1nn(-c2ccc(F)cc2F)c2c1C[C@@H]1C[C@H]21. The number of hydrogen-bond acceptors (Lipinski definition) is 2. The molecule has 0 bridgehead atoms. The first-order valence-corrected chi connectivity index (χ1v) is 6.36. The summed E-state index contributed by atoms with van der Waals surface area (Å²) in [6, 6.07) is 3.22. The van der Waals surface area contributed by atoms with Crippen LogP contribution in [0, 0.1) is 17.6 Å². The quantitative estimate of drug-likeness (QED) is 0.917. The Bertz CT molecular complexity index is 754. The second-order valence-electron chi connectivity index (χ2n) is 5.33. The fourth-order valence-corrected chi connectivity index (χ4v) is 3.12. The van der Waals surface area contributed by atoms with Crippen LogP contribution in [-0.2, 0) is 6.42 Å². The van der Waals surface area contributed by atoms with Crippen molar-refractivity contribution in [2.45, 2.75) is 18.8 Å². The Morgan fingerprint density at radius 3 is 2.90 bits per heavy atom. The molecule has 0 saturated heterocycles. The number of benzene rings is 1. The van der Waals surface area contributed by atoms with Crippen LogP contribution in [0.2, 0.25) is 0 Å². The molecule has 0 radical (unpaired) electrons. The predicted molar refractivity (Wildman–Crippen MR) is 65.0 cm³/mol. The molecule has 2 aliphatic rings. The number of aromatic carboxylic acids is 1. The van der Waals surface area contributed by atoms with Crippen molar-refractivity contribution in [3.8, 4) is 5.69 Å².